The van der Waals surface area contributed by atoms with E-state index in [9.17, 15) is 8.42 Å². The standard InChI is InChI=1S/C18H22N2O2S2/c1-4-14-5-9-16(10-6-14)20-18(23)19-13(2)15-7-11-17(12-8-15)24(3,21)22/h5-13H,4H2,1-3H3,(H2,19,20,23)/t13-/m0/s1. The quantitative estimate of drug-likeness (QED) is 0.794. The second kappa shape index (κ2) is 7.77. The number of anilines is 1. The molecule has 0 aliphatic rings. The van der Waals surface area contributed by atoms with Gasteiger partial charge in [0.2, 0.25) is 0 Å². The van der Waals surface area contributed by atoms with Crippen molar-refractivity contribution in [2.75, 3.05) is 11.6 Å². The molecule has 0 amide bonds. The molecule has 0 spiro atoms. The van der Waals surface area contributed by atoms with Crippen LogP contribution in [0.25, 0.3) is 0 Å². The van der Waals surface area contributed by atoms with Gasteiger partial charge in [-0.3, -0.25) is 0 Å². The predicted octanol–water partition coefficient (Wildman–Crippen LogP) is 3.70. The van der Waals surface area contributed by atoms with Crippen molar-refractivity contribution in [2.24, 2.45) is 0 Å². The summed E-state index contributed by atoms with van der Waals surface area (Å²) in [6, 6.07) is 14.9. The average molecular weight is 363 g/mol. The van der Waals surface area contributed by atoms with E-state index in [2.05, 4.69) is 29.7 Å². The number of hydrogen-bond donors (Lipinski definition) is 2. The molecule has 24 heavy (non-hydrogen) atoms. The molecule has 0 radical (unpaired) electrons. The van der Waals surface area contributed by atoms with E-state index in [0.29, 0.717) is 10.0 Å². The summed E-state index contributed by atoms with van der Waals surface area (Å²) in [5.74, 6) is 0. The van der Waals surface area contributed by atoms with Crippen molar-refractivity contribution in [1.29, 1.82) is 0 Å². The molecule has 2 N–H and O–H groups in total. The summed E-state index contributed by atoms with van der Waals surface area (Å²) in [5.41, 5.74) is 3.18. The van der Waals surface area contributed by atoms with Crippen molar-refractivity contribution in [1.82, 2.24) is 5.32 Å². The molecule has 0 bridgehead atoms. The van der Waals surface area contributed by atoms with E-state index in [4.69, 9.17) is 12.2 Å². The number of nitrogens with one attached hydrogen (secondary N) is 2. The Morgan fingerprint density at radius 2 is 1.67 bits per heavy atom. The summed E-state index contributed by atoms with van der Waals surface area (Å²) in [6.07, 6.45) is 2.20. The molecule has 2 rings (SSSR count). The van der Waals surface area contributed by atoms with Gasteiger partial charge in [0.25, 0.3) is 0 Å². The molecule has 2 aromatic rings. The van der Waals surface area contributed by atoms with E-state index in [1.165, 1.54) is 11.8 Å². The summed E-state index contributed by atoms with van der Waals surface area (Å²) >= 11 is 5.34. The molecular weight excluding hydrogens is 340 g/mol. The summed E-state index contributed by atoms with van der Waals surface area (Å²) < 4.78 is 23.0. The van der Waals surface area contributed by atoms with Crippen molar-refractivity contribution in [3.05, 3.63) is 59.7 Å². The van der Waals surface area contributed by atoms with Gasteiger partial charge in [0.05, 0.1) is 10.9 Å². The van der Waals surface area contributed by atoms with Crippen molar-refractivity contribution >= 4 is 32.9 Å². The van der Waals surface area contributed by atoms with Crippen molar-refractivity contribution in [3.8, 4) is 0 Å². The summed E-state index contributed by atoms with van der Waals surface area (Å²) in [4.78, 5) is 0.315. The van der Waals surface area contributed by atoms with Gasteiger partial charge >= 0.3 is 0 Å². The molecular formula is C18H22N2O2S2. The predicted molar refractivity (Wildman–Crippen MR) is 103 cm³/mol. The summed E-state index contributed by atoms with van der Waals surface area (Å²) in [5, 5.41) is 6.88. The summed E-state index contributed by atoms with van der Waals surface area (Å²) in [7, 11) is -3.17. The zero-order valence-electron chi connectivity index (χ0n) is 14.0. The van der Waals surface area contributed by atoms with E-state index in [1.807, 2.05) is 19.1 Å². The fourth-order valence-electron chi connectivity index (χ4n) is 2.27. The van der Waals surface area contributed by atoms with Crippen LogP contribution in [0.4, 0.5) is 5.69 Å². The lowest BCUT2D eigenvalue weighted by Crippen LogP contribution is -2.30. The second-order valence-electron chi connectivity index (χ2n) is 5.71. The molecule has 4 nitrogen and oxygen atoms in total. The third-order valence-corrected chi connectivity index (χ3v) is 5.12. The number of aryl methyl sites for hydroxylation is 1. The molecule has 1 atom stereocenters. The number of sulfone groups is 1. The molecule has 2 aromatic carbocycles. The zero-order chi connectivity index (χ0) is 17.7. The third kappa shape index (κ3) is 5.04. The smallest absolute Gasteiger partial charge is 0.175 e. The minimum absolute atomic E-state index is 0.0338. The Labute approximate surface area is 149 Å². The Hall–Kier alpha value is -1.92. The molecule has 6 heteroatoms. The van der Waals surface area contributed by atoms with Gasteiger partial charge in [0.15, 0.2) is 14.9 Å². The van der Waals surface area contributed by atoms with Crippen LogP contribution in [0, 0.1) is 0 Å². The monoisotopic (exact) mass is 362 g/mol. The lowest BCUT2D eigenvalue weighted by molar-refractivity contribution is 0.601. The molecule has 0 aliphatic carbocycles. The molecule has 0 saturated carbocycles. The van der Waals surface area contributed by atoms with Crippen molar-refractivity contribution in [2.45, 2.75) is 31.2 Å². The number of thiocarbonyl (C=S) groups is 1. The third-order valence-electron chi connectivity index (χ3n) is 3.78. The van der Waals surface area contributed by atoms with Gasteiger partial charge in [-0.2, -0.15) is 0 Å². The van der Waals surface area contributed by atoms with E-state index >= 15 is 0 Å². The number of hydrogen-bond acceptors (Lipinski definition) is 3. The largest absolute Gasteiger partial charge is 0.356 e. The normalized spacial score (nSPS) is 12.5. The van der Waals surface area contributed by atoms with Crippen molar-refractivity contribution in [3.63, 3.8) is 0 Å². The molecule has 0 unspecified atom stereocenters. The second-order valence-corrected chi connectivity index (χ2v) is 8.14. The van der Waals surface area contributed by atoms with Gasteiger partial charge in [-0.1, -0.05) is 31.2 Å². The highest BCUT2D eigenvalue weighted by molar-refractivity contribution is 7.90. The number of rotatable bonds is 5. The Bertz CT molecular complexity index is 798. The van der Waals surface area contributed by atoms with Gasteiger partial charge in [-0.15, -0.1) is 0 Å². The summed E-state index contributed by atoms with van der Waals surface area (Å²) in [6.45, 7) is 4.09. The topological polar surface area (TPSA) is 58.2 Å². The molecule has 0 heterocycles. The molecule has 128 valence electrons. The molecule has 0 aliphatic heterocycles. The lowest BCUT2D eigenvalue weighted by atomic mass is 10.1. The highest BCUT2D eigenvalue weighted by Gasteiger charge is 2.10. The van der Waals surface area contributed by atoms with Crippen LogP contribution in [0.2, 0.25) is 0 Å². The van der Waals surface area contributed by atoms with Crippen LogP contribution in [-0.4, -0.2) is 19.8 Å². The van der Waals surface area contributed by atoms with Crippen LogP contribution in [0.3, 0.4) is 0 Å². The minimum Gasteiger partial charge on any atom is -0.356 e. The van der Waals surface area contributed by atoms with E-state index in [-0.39, 0.29) is 6.04 Å². The van der Waals surface area contributed by atoms with Crippen LogP contribution in [0.15, 0.2) is 53.4 Å². The molecule has 0 saturated heterocycles. The fourth-order valence-corrected chi connectivity index (χ4v) is 3.20. The maximum Gasteiger partial charge on any atom is 0.175 e. The van der Waals surface area contributed by atoms with Crippen LogP contribution in [0.1, 0.15) is 31.0 Å². The zero-order valence-corrected chi connectivity index (χ0v) is 15.7. The molecule has 0 aromatic heterocycles. The maximum atomic E-state index is 11.5. The van der Waals surface area contributed by atoms with Crippen LogP contribution in [-0.2, 0) is 16.3 Å². The maximum absolute atomic E-state index is 11.5. The number of benzene rings is 2. The van der Waals surface area contributed by atoms with Gasteiger partial charge in [-0.05, 0) is 61.0 Å². The first-order valence-corrected chi connectivity index (χ1v) is 10.1. The van der Waals surface area contributed by atoms with Crippen molar-refractivity contribution < 1.29 is 8.42 Å². The Kier molecular flexibility index (Phi) is 5.96. The first kappa shape index (κ1) is 18.4. The average Bonchev–Trinajstić information content (AvgIpc) is 2.54. The highest BCUT2D eigenvalue weighted by atomic mass is 32.2. The highest BCUT2D eigenvalue weighted by Crippen LogP contribution is 2.17. The van der Waals surface area contributed by atoms with Gasteiger partial charge < -0.3 is 10.6 Å². The lowest BCUT2D eigenvalue weighted by Gasteiger charge is -2.18. The Balaban J connectivity index is 1.97. The fraction of sp³-hybridized carbons (Fsp3) is 0.278. The van der Waals surface area contributed by atoms with E-state index in [1.54, 1.807) is 24.3 Å². The Morgan fingerprint density at radius 1 is 1.08 bits per heavy atom. The van der Waals surface area contributed by atoms with E-state index < -0.39 is 9.84 Å². The van der Waals surface area contributed by atoms with Gasteiger partial charge in [-0.25, -0.2) is 8.42 Å². The van der Waals surface area contributed by atoms with Crippen LogP contribution < -0.4 is 10.6 Å². The minimum atomic E-state index is -3.17. The van der Waals surface area contributed by atoms with Crippen LogP contribution in [0.5, 0.6) is 0 Å². The Morgan fingerprint density at radius 3 is 2.17 bits per heavy atom. The SMILES string of the molecule is CCc1ccc(NC(=S)N[C@@H](C)c2ccc(S(C)(=O)=O)cc2)cc1. The van der Waals surface area contributed by atoms with Gasteiger partial charge in [0, 0.05) is 11.9 Å². The molecule has 0 fully saturated rings. The van der Waals surface area contributed by atoms with Crippen LogP contribution >= 0.6 is 12.2 Å². The first-order valence-electron chi connectivity index (χ1n) is 7.76. The van der Waals surface area contributed by atoms with Gasteiger partial charge in [0.1, 0.15) is 0 Å². The first-order chi connectivity index (χ1) is 11.3. The van der Waals surface area contributed by atoms with E-state index in [0.717, 1.165) is 17.7 Å².